The number of hydrogen-bond donors (Lipinski definition) is 2. The van der Waals surface area contributed by atoms with E-state index in [0.717, 1.165) is 24.5 Å². The molecule has 0 saturated carbocycles. The van der Waals surface area contributed by atoms with Crippen LogP contribution in [0.5, 0.6) is 0 Å². The lowest BCUT2D eigenvalue weighted by Crippen LogP contribution is -2.21. The summed E-state index contributed by atoms with van der Waals surface area (Å²) in [5, 5.41) is 4.57. The van der Waals surface area contributed by atoms with E-state index in [1.807, 2.05) is 6.92 Å². The summed E-state index contributed by atoms with van der Waals surface area (Å²) in [6, 6.07) is 16.6. The number of nitrogens with one attached hydrogen (secondary N) is 1. The number of rotatable bonds is 2. The lowest BCUT2D eigenvalue weighted by atomic mass is 10.2. The number of amidine groups is 1. The molecule has 3 aromatic rings. The van der Waals surface area contributed by atoms with Gasteiger partial charge in [0.2, 0.25) is 0 Å². The Balaban J connectivity index is 0.000000160. The summed E-state index contributed by atoms with van der Waals surface area (Å²) < 4.78 is 31.7. The Morgan fingerprint density at radius 2 is 1.81 bits per heavy atom. The van der Waals surface area contributed by atoms with Crippen LogP contribution >= 0.6 is 0 Å². The Kier molecular flexibility index (Phi) is 5.11. The van der Waals surface area contributed by atoms with Crippen LogP contribution in [-0.4, -0.2) is 36.5 Å². The second kappa shape index (κ2) is 7.31. The van der Waals surface area contributed by atoms with E-state index in [4.69, 9.17) is 4.55 Å². The van der Waals surface area contributed by atoms with Gasteiger partial charge in [0.1, 0.15) is 5.84 Å². The first-order valence-electron chi connectivity index (χ1n) is 8.23. The van der Waals surface area contributed by atoms with Crippen molar-refractivity contribution < 1.29 is 13.0 Å². The van der Waals surface area contributed by atoms with Gasteiger partial charge in [-0.25, -0.2) is 0 Å². The van der Waals surface area contributed by atoms with Gasteiger partial charge in [-0.05, 0) is 31.2 Å². The lowest BCUT2D eigenvalue weighted by molar-refractivity contribution is 0.483. The summed E-state index contributed by atoms with van der Waals surface area (Å²) in [4.78, 5) is 4.38. The largest absolute Gasteiger partial charge is 0.367 e. The van der Waals surface area contributed by atoms with Crippen LogP contribution in [-0.2, 0) is 17.2 Å². The van der Waals surface area contributed by atoms with Crippen LogP contribution in [0.3, 0.4) is 0 Å². The summed E-state index contributed by atoms with van der Waals surface area (Å²) in [5.41, 5.74) is 3.38. The van der Waals surface area contributed by atoms with Crippen molar-refractivity contribution in [3.8, 4) is 0 Å². The van der Waals surface area contributed by atoms with Gasteiger partial charge in [0.05, 0.1) is 17.1 Å². The molecular weight excluding hydrogens is 350 g/mol. The zero-order chi connectivity index (χ0) is 18.7. The topological polar surface area (TPSA) is 83.7 Å². The number of aliphatic imine (C=N–C) groups is 1. The number of nitrogens with zero attached hydrogens (tertiary/aromatic N) is 2. The molecule has 2 aromatic carbocycles. The van der Waals surface area contributed by atoms with E-state index in [1.165, 1.54) is 28.7 Å². The monoisotopic (exact) mass is 371 g/mol. The molecule has 4 rings (SSSR count). The zero-order valence-electron chi connectivity index (χ0n) is 14.7. The summed E-state index contributed by atoms with van der Waals surface area (Å²) in [7, 11) is -1.94. The minimum atomic E-state index is -4.02. The molecule has 0 atom stereocenters. The first-order chi connectivity index (χ1) is 12.4. The maximum absolute atomic E-state index is 10.5. The van der Waals surface area contributed by atoms with Gasteiger partial charge in [-0.15, -0.1) is 0 Å². The third kappa shape index (κ3) is 3.95. The van der Waals surface area contributed by atoms with Gasteiger partial charge in [0.15, 0.2) is 0 Å². The number of para-hydroxylation sites is 1. The summed E-state index contributed by atoms with van der Waals surface area (Å²) in [5.74, 6) is 1.02. The summed E-state index contributed by atoms with van der Waals surface area (Å²) >= 11 is 0. The van der Waals surface area contributed by atoms with E-state index in [9.17, 15) is 8.42 Å². The molecule has 136 valence electrons. The van der Waals surface area contributed by atoms with Gasteiger partial charge < -0.3 is 9.88 Å². The SMILES string of the molecule is Cc1ccc(S(=O)(=O)O)cc1.Cn1c(C2=NCCN2)cc2ccccc21. The fourth-order valence-corrected chi connectivity index (χ4v) is 3.28. The zero-order valence-corrected chi connectivity index (χ0v) is 15.5. The molecule has 0 unspecified atom stereocenters. The summed E-state index contributed by atoms with van der Waals surface area (Å²) in [6.45, 7) is 3.68. The minimum absolute atomic E-state index is 0.0666. The van der Waals surface area contributed by atoms with E-state index < -0.39 is 10.1 Å². The van der Waals surface area contributed by atoms with Crippen LogP contribution in [0.2, 0.25) is 0 Å². The molecule has 26 heavy (non-hydrogen) atoms. The molecule has 0 bridgehead atoms. The second-order valence-electron chi connectivity index (χ2n) is 6.09. The van der Waals surface area contributed by atoms with Gasteiger partial charge >= 0.3 is 0 Å². The molecule has 2 N–H and O–H groups in total. The Morgan fingerprint density at radius 1 is 1.12 bits per heavy atom. The molecule has 0 amide bonds. The van der Waals surface area contributed by atoms with Crippen molar-refractivity contribution in [2.45, 2.75) is 11.8 Å². The first kappa shape index (κ1) is 18.2. The van der Waals surface area contributed by atoms with E-state index in [-0.39, 0.29) is 4.90 Å². The standard InChI is InChI=1S/C12H13N3.C7H8O3S/c1-15-10-5-3-2-4-9(10)8-11(15)12-13-6-7-14-12;1-6-2-4-7(5-3-6)11(8,9)10/h2-5,8H,6-7H2,1H3,(H,13,14);2-5H,1H3,(H,8,9,10). The number of aryl methyl sites for hydroxylation is 2. The molecule has 0 aliphatic carbocycles. The van der Waals surface area contributed by atoms with Gasteiger partial charge in [-0.3, -0.25) is 9.55 Å². The Bertz CT molecular complexity index is 1050. The van der Waals surface area contributed by atoms with Gasteiger partial charge in [-0.2, -0.15) is 8.42 Å². The molecule has 7 heteroatoms. The highest BCUT2D eigenvalue weighted by Gasteiger charge is 2.13. The van der Waals surface area contributed by atoms with E-state index >= 15 is 0 Å². The maximum atomic E-state index is 10.5. The fraction of sp³-hybridized carbons (Fsp3) is 0.211. The molecule has 1 aromatic heterocycles. The highest BCUT2D eigenvalue weighted by atomic mass is 32.2. The molecule has 0 saturated heterocycles. The minimum Gasteiger partial charge on any atom is -0.367 e. The van der Waals surface area contributed by atoms with Crippen molar-refractivity contribution in [2.24, 2.45) is 12.0 Å². The van der Waals surface area contributed by atoms with E-state index in [2.05, 4.69) is 52.3 Å². The van der Waals surface area contributed by atoms with E-state index in [0.29, 0.717) is 0 Å². The molecule has 1 aliphatic rings. The van der Waals surface area contributed by atoms with E-state index in [1.54, 1.807) is 12.1 Å². The third-order valence-electron chi connectivity index (χ3n) is 4.19. The second-order valence-corrected chi connectivity index (χ2v) is 7.51. The predicted molar refractivity (Wildman–Crippen MR) is 103 cm³/mol. The fourth-order valence-electron chi connectivity index (χ4n) is 2.80. The Labute approximate surface area is 152 Å². The van der Waals surface area contributed by atoms with Crippen LogP contribution in [0.4, 0.5) is 0 Å². The first-order valence-corrected chi connectivity index (χ1v) is 9.67. The number of hydrogen-bond acceptors (Lipinski definition) is 4. The third-order valence-corrected chi connectivity index (χ3v) is 5.06. The molecule has 1 aliphatic heterocycles. The van der Waals surface area contributed by atoms with Crippen LogP contribution < -0.4 is 5.32 Å². The normalized spacial score (nSPS) is 13.7. The highest BCUT2D eigenvalue weighted by molar-refractivity contribution is 7.85. The molecule has 2 heterocycles. The van der Waals surface area contributed by atoms with Gasteiger partial charge in [-0.1, -0.05) is 35.9 Å². The summed E-state index contributed by atoms with van der Waals surface area (Å²) in [6.07, 6.45) is 0. The lowest BCUT2D eigenvalue weighted by Gasteiger charge is -2.04. The number of benzene rings is 2. The van der Waals surface area contributed by atoms with Crippen LogP contribution in [0.25, 0.3) is 10.9 Å². The quantitative estimate of drug-likeness (QED) is 0.679. The number of aromatic nitrogens is 1. The average molecular weight is 371 g/mol. The number of fused-ring (bicyclic) bond motifs is 1. The molecule has 6 nitrogen and oxygen atoms in total. The maximum Gasteiger partial charge on any atom is 0.294 e. The smallest absolute Gasteiger partial charge is 0.294 e. The Hall–Kier alpha value is -2.64. The van der Waals surface area contributed by atoms with Gasteiger partial charge in [0.25, 0.3) is 10.1 Å². The molecule has 0 radical (unpaired) electrons. The van der Waals surface area contributed by atoms with Gasteiger partial charge in [0, 0.05) is 24.5 Å². The van der Waals surface area contributed by atoms with Crippen molar-refractivity contribution in [3.63, 3.8) is 0 Å². The van der Waals surface area contributed by atoms with Crippen molar-refractivity contribution in [3.05, 3.63) is 65.9 Å². The average Bonchev–Trinajstić information content (AvgIpc) is 3.24. The van der Waals surface area contributed by atoms with Crippen molar-refractivity contribution in [1.29, 1.82) is 0 Å². The predicted octanol–water partition coefficient (Wildman–Crippen LogP) is 2.77. The van der Waals surface area contributed by atoms with Crippen LogP contribution in [0.15, 0.2) is 64.5 Å². The van der Waals surface area contributed by atoms with Crippen LogP contribution in [0, 0.1) is 6.92 Å². The molecular formula is C19H21N3O3S. The highest BCUT2D eigenvalue weighted by Crippen LogP contribution is 2.18. The van der Waals surface area contributed by atoms with Crippen molar-refractivity contribution in [1.82, 2.24) is 9.88 Å². The Morgan fingerprint density at radius 3 is 2.38 bits per heavy atom. The van der Waals surface area contributed by atoms with Crippen molar-refractivity contribution >= 4 is 26.9 Å². The molecule has 0 fully saturated rings. The van der Waals surface area contributed by atoms with Crippen molar-refractivity contribution in [2.75, 3.05) is 13.1 Å². The molecule has 0 spiro atoms. The van der Waals surface area contributed by atoms with Crippen LogP contribution in [0.1, 0.15) is 11.3 Å².